The van der Waals surface area contributed by atoms with Crippen LogP contribution in [0.15, 0.2) is 12.7 Å². The van der Waals surface area contributed by atoms with Crippen LogP contribution in [0.2, 0.25) is 0 Å². The summed E-state index contributed by atoms with van der Waals surface area (Å²) in [4.78, 5) is 11.5. The van der Waals surface area contributed by atoms with Crippen LogP contribution in [-0.2, 0) is 14.3 Å². The Balaban J connectivity index is 4.13. The molecule has 0 aliphatic carbocycles. The number of rotatable bonds is 7. The van der Waals surface area contributed by atoms with E-state index in [1.165, 1.54) is 6.08 Å². The highest BCUT2D eigenvalue weighted by atomic mass is 19.4. The molecule has 1 unspecified atom stereocenters. The molecule has 0 aromatic heterocycles. The van der Waals surface area contributed by atoms with Crippen LogP contribution in [0.1, 0.15) is 20.3 Å². The lowest BCUT2D eigenvalue weighted by Crippen LogP contribution is -2.30. The maximum atomic E-state index is 11.8. The van der Waals surface area contributed by atoms with Crippen LogP contribution in [0, 0.1) is 5.41 Å². The topological polar surface area (TPSA) is 35.5 Å². The van der Waals surface area contributed by atoms with Crippen LogP contribution in [-0.4, -0.2) is 32.0 Å². The summed E-state index contributed by atoms with van der Waals surface area (Å²) in [6, 6.07) is 0. The lowest BCUT2D eigenvalue weighted by Gasteiger charge is -2.23. The first kappa shape index (κ1) is 16.0. The van der Waals surface area contributed by atoms with Crippen molar-refractivity contribution in [3.05, 3.63) is 12.7 Å². The van der Waals surface area contributed by atoms with E-state index in [1.807, 2.05) is 0 Å². The summed E-state index contributed by atoms with van der Waals surface area (Å²) < 4.78 is 44.7. The number of alkyl halides is 3. The Morgan fingerprint density at radius 3 is 2.41 bits per heavy atom. The lowest BCUT2D eigenvalue weighted by molar-refractivity contribution is -0.176. The van der Waals surface area contributed by atoms with Gasteiger partial charge in [-0.2, -0.15) is 13.2 Å². The average molecular weight is 254 g/mol. The van der Waals surface area contributed by atoms with E-state index in [-0.39, 0.29) is 19.6 Å². The largest absolute Gasteiger partial charge is 0.465 e. The second kappa shape index (κ2) is 6.64. The Kier molecular flexibility index (Phi) is 6.23. The predicted octanol–water partition coefficient (Wildman–Crippen LogP) is 2.71. The second-order valence-corrected chi connectivity index (χ2v) is 3.76. The number of halogens is 3. The summed E-state index contributed by atoms with van der Waals surface area (Å²) in [7, 11) is 0. The minimum absolute atomic E-state index is 0.103. The van der Waals surface area contributed by atoms with Gasteiger partial charge in [-0.25, -0.2) is 0 Å². The second-order valence-electron chi connectivity index (χ2n) is 3.76. The van der Waals surface area contributed by atoms with Crippen LogP contribution in [0.3, 0.4) is 0 Å². The van der Waals surface area contributed by atoms with Crippen molar-refractivity contribution in [2.24, 2.45) is 5.41 Å². The summed E-state index contributed by atoms with van der Waals surface area (Å²) >= 11 is 0. The first-order valence-corrected chi connectivity index (χ1v) is 5.20. The summed E-state index contributed by atoms with van der Waals surface area (Å²) in [6.45, 7) is 5.41. The molecule has 0 spiro atoms. The molecule has 0 fully saturated rings. The van der Waals surface area contributed by atoms with Gasteiger partial charge in [-0.15, -0.1) is 6.58 Å². The summed E-state index contributed by atoms with van der Waals surface area (Å²) in [6.07, 6.45) is -2.89. The predicted molar refractivity (Wildman–Crippen MR) is 56.4 cm³/mol. The Morgan fingerprint density at radius 1 is 1.41 bits per heavy atom. The molecule has 0 N–H and O–H groups in total. The summed E-state index contributed by atoms with van der Waals surface area (Å²) in [5.74, 6) is -0.509. The first-order valence-electron chi connectivity index (χ1n) is 5.20. The molecule has 0 rings (SSSR count). The molecule has 0 aromatic carbocycles. The van der Waals surface area contributed by atoms with E-state index < -0.39 is 24.2 Å². The van der Waals surface area contributed by atoms with Crippen LogP contribution in [0.4, 0.5) is 13.2 Å². The molecule has 100 valence electrons. The third kappa shape index (κ3) is 6.31. The Labute approximate surface area is 98.6 Å². The third-order valence-corrected chi connectivity index (χ3v) is 2.22. The molecule has 0 aromatic rings. The van der Waals surface area contributed by atoms with E-state index in [9.17, 15) is 18.0 Å². The molecule has 0 amide bonds. The van der Waals surface area contributed by atoms with Crippen molar-refractivity contribution in [2.45, 2.75) is 26.4 Å². The Hall–Kier alpha value is -1.04. The zero-order chi connectivity index (χ0) is 13.5. The highest BCUT2D eigenvalue weighted by Gasteiger charge is 2.32. The molecule has 1 atom stereocenters. The van der Waals surface area contributed by atoms with Crippen molar-refractivity contribution < 1.29 is 27.4 Å². The van der Waals surface area contributed by atoms with E-state index in [1.54, 1.807) is 13.8 Å². The van der Waals surface area contributed by atoms with Gasteiger partial charge in [0.15, 0.2) is 0 Å². The lowest BCUT2D eigenvalue weighted by atomic mass is 9.87. The standard InChI is InChI=1S/C11H17F3O3/c1-4-10(3,9(15)17-5-2)6-7-16-8-11(12,13)14/h4H,1,5-8H2,2-3H3. The van der Waals surface area contributed by atoms with Crippen molar-refractivity contribution in [1.29, 1.82) is 0 Å². The SMILES string of the molecule is C=CC(C)(CCOCC(F)(F)F)C(=O)OCC. The molecular weight excluding hydrogens is 237 g/mol. The van der Waals surface area contributed by atoms with Gasteiger partial charge < -0.3 is 9.47 Å². The minimum Gasteiger partial charge on any atom is -0.465 e. The smallest absolute Gasteiger partial charge is 0.411 e. The molecule has 6 heteroatoms. The van der Waals surface area contributed by atoms with E-state index in [0.717, 1.165) is 0 Å². The van der Waals surface area contributed by atoms with E-state index in [2.05, 4.69) is 11.3 Å². The first-order chi connectivity index (χ1) is 7.75. The molecule has 0 radical (unpaired) electrons. The van der Waals surface area contributed by atoms with E-state index in [0.29, 0.717) is 0 Å². The fourth-order valence-electron chi connectivity index (χ4n) is 1.06. The fraction of sp³-hybridized carbons (Fsp3) is 0.727. The highest BCUT2D eigenvalue weighted by molar-refractivity contribution is 5.78. The van der Waals surface area contributed by atoms with Crippen LogP contribution in [0.5, 0.6) is 0 Å². The van der Waals surface area contributed by atoms with Crippen LogP contribution < -0.4 is 0 Å². The third-order valence-electron chi connectivity index (χ3n) is 2.22. The number of hydrogen-bond acceptors (Lipinski definition) is 3. The van der Waals surface area contributed by atoms with Gasteiger partial charge in [0.2, 0.25) is 0 Å². The van der Waals surface area contributed by atoms with Gasteiger partial charge >= 0.3 is 12.1 Å². The van der Waals surface area contributed by atoms with Crippen molar-refractivity contribution in [1.82, 2.24) is 0 Å². The minimum atomic E-state index is -4.35. The molecule has 0 saturated heterocycles. The van der Waals surface area contributed by atoms with E-state index >= 15 is 0 Å². The average Bonchev–Trinajstić information content (AvgIpc) is 2.23. The zero-order valence-electron chi connectivity index (χ0n) is 9.97. The molecule has 0 aliphatic rings. The van der Waals surface area contributed by atoms with Crippen molar-refractivity contribution >= 4 is 5.97 Å². The molecule has 0 heterocycles. The molecule has 3 nitrogen and oxygen atoms in total. The highest BCUT2D eigenvalue weighted by Crippen LogP contribution is 2.25. The van der Waals surface area contributed by atoms with Gasteiger partial charge in [0.05, 0.1) is 12.0 Å². The molecule has 17 heavy (non-hydrogen) atoms. The van der Waals surface area contributed by atoms with Crippen molar-refractivity contribution in [2.75, 3.05) is 19.8 Å². The normalized spacial score (nSPS) is 15.1. The van der Waals surface area contributed by atoms with Gasteiger partial charge in [0.1, 0.15) is 6.61 Å². The number of carbonyl (C=O) groups excluding carboxylic acids is 1. The van der Waals surface area contributed by atoms with Crippen LogP contribution in [0.25, 0.3) is 0 Å². The fourth-order valence-corrected chi connectivity index (χ4v) is 1.06. The molecule has 0 saturated carbocycles. The Morgan fingerprint density at radius 2 is 2.00 bits per heavy atom. The number of ether oxygens (including phenoxy) is 2. The van der Waals surface area contributed by atoms with Gasteiger partial charge in [-0.1, -0.05) is 6.08 Å². The number of carbonyl (C=O) groups is 1. The van der Waals surface area contributed by atoms with Crippen molar-refractivity contribution in [3.63, 3.8) is 0 Å². The Bertz CT molecular complexity index is 263. The van der Waals surface area contributed by atoms with Crippen molar-refractivity contribution in [3.8, 4) is 0 Å². The van der Waals surface area contributed by atoms with Gasteiger partial charge in [-0.05, 0) is 20.3 Å². The van der Waals surface area contributed by atoms with Crippen LogP contribution >= 0.6 is 0 Å². The molecular formula is C11H17F3O3. The summed E-state index contributed by atoms with van der Waals surface area (Å²) in [5, 5.41) is 0. The van der Waals surface area contributed by atoms with Gasteiger partial charge in [0, 0.05) is 6.61 Å². The zero-order valence-corrected chi connectivity index (χ0v) is 9.97. The maximum absolute atomic E-state index is 11.8. The van der Waals surface area contributed by atoms with E-state index in [4.69, 9.17) is 4.74 Å². The summed E-state index contributed by atoms with van der Waals surface area (Å²) in [5.41, 5.74) is -1.01. The quantitative estimate of drug-likeness (QED) is 0.398. The van der Waals surface area contributed by atoms with Gasteiger partial charge in [0.25, 0.3) is 0 Å². The van der Waals surface area contributed by atoms with Gasteiger partial charge in [-0.3, -0.25) is 4.79 Å². The molecule has 0 aliphatic heterocycles. The number of hydrogen-bond donors (Lipinski definition) is 0. The number of esters is 1. The molecule has 0 bridgehead atoms. The monoisotopic (exact) mass is 254 g/mol. The maximum Gasteiger partial charge on any atom is 0.411 e.